The summed E-state index contributed by atoms with van der Waals surface area (Å²) in [7, 11) is 1.76. The maximum atomic E-state index is 12.4. The SMILES string of the molecule is Cc1cc(=O)oc2cc(OCC(=O)N(C)C(C)c3ccccc3)ccc12. The lowest BCUT2D eigenvalue weighted by Gasteiger charge is -2.25. The van der Waals surface area contributed by atoms with Crippen molar-refractivity contribution in [2.45, 2.75) is 19.9 Å². The Morgan fingerprint density at radius 1 is 1.15 bits per heavy atom. The van der Waals surface area contributed by atoms with Crippen LogP contribution in [-0.4, -0.2) is 24.5 Å². The first kappa shape index (κ1) is 17.7. The number of likely N-dealkylation sites (N-methyl/N-ethyl adjacent to an activating group) is 1. The van der Waals surface area contributed by atoms with Crippen LogP contribution in [0.15, 0.2) is 63.8 Å². The fourth-order valence-electron chi connectivity index (χ4n) is 2.81. The van der Waals surface area contributed by atoms with Crippen LogP contribution in [0.2, 0.25) is 0 Å². The largest absolute Gasteiger partial charge is 0.484 e. The summed E-state index contributed by atoms with van der Waals surface area (Å²) in [6.07, 6.45) is 0. The zero-order valence-electron chi connectivity index (χ0n) is 15.1. The molecule has 26 heavy (non-hydrogen) atoms. The van der Waals surface area contributed by atoms with Gasteiger partial charge in [-0.05, 0) is 37.1 Å². The van der Waals surface area contributed by atoms with E-state index in [1.165, 1.54) is 6.07 Å². The Kier molecular flexibility index (Phi) is 5.07. The van der Waals surface area contributed by atoms with Crippen LogP contribution in [0.25, 0.3) is 11.0 Å². The van der Waals surface area contributed by atoms with Crippen molar-refractivity contribution in [3.8, 4) is 5.75 Å². The monoisotopic (exact) mass is 351 g/mol. The molecule has 3 aromatic rings. The van der Waals surface area contributed by atoms with Crippen LogP contribution in [0.4, 0.5) is 0 Å². The molecule has 1 atom stereocenters. The zero-order chi connectivity index (χ0) is 18.7. The van der Waals surface area contributed by atoms with Gasteiger partial charge in [0.1, 0.15) is 11.3 Å². The third kappa shape index (κ3) is 3.77. The van der Waals surface area contributed by atoms with E-state index in [-0.39, 0.29) is 18.6 Å². The quantitative estimate of drug-likeness (QED) is 0.658. The van der Waals surface area contributed by atoms with Crippen LogP contribution < -0.4 is 10.4 Å². The van der Waals surface area contributed by atoms with E-state index in [0.29, 0.717) is 11.3 Å². The number of carbonyl (C=O) groups is 1. The number of rotatable bonds is 5. The second-order valence-corrected chi connectivity index (χ2v) is 6.29. The van der Waals surface area contributed by atoms with Gasteiger partial charge in [-0.25, -0.2) is 4.79 Å². The van der Waals surface area contributed by atoms with Gasteiger partial charge >= 0.3 is 5.63 Å². The topological polar surface area (TPSA) is 59.8 Å². The molecule has 5 heteroatoms. The first-order valence-electron chi connectivity index (χ1n) is 8.43. The Labute approximate surface area is 151 Å². The summed E-state index contributed by atoms with van der Waals surface area (Å²) >= 11 is 0. The van der Waals surface area contributed by atoms with Crippen LogP contribution in [-0.2, 0) is 4.79 Å². The molecule has 0 N–H and O–H groups in total. The lowest BCUT2D eigenvalue weighted by Crippen LogP contribution is -2.33. The smallest absolute Gasteiger partial charge is 0.336 e. The summed E-state index contributed by atoms with van der Waals surface area (Å²) in [4.78, 5) is 25.6. The highest BCUT2D eigenvalue weighted by Gasteiger charge is 2.17. The molecule has 1 heterocycles. The van der Waals surface area contributed by atoms with Crippen molar-refractivity contribution < 1.29 is 13.9 Å². The van der Waals surface area contributed by atoms with E-state index in [0.717, 1.165) is 16.5 Å². The number of nitrogens with zero attached hydrogens (tertiary/aromatic N) is 1. The van der Waals surface area contributed by atoms with Gasteiger partial charge in [0.2, 0.25) is 0 Å². The summed E-state index contributed by atoms with van der Waals surface area (Å²) in [5.41, 5.74) is 1.95. The van der Waals surface area contributed by atoms with E-state index in [1.807, 2.05) is 50.2 Å². The Hall–Kier alpha value is -3.08. The first-order valence-corrected chi connectivity index (χ1v) is 8.43. The highest BCUT2D eigenvalue weighted by Crippen LogP contribution is 2.23. The molecule has 0 aliphatic rings. The minimum atomic E-state index is -0.403. The zero-order valence-corrected chi connectivity index (χ0v) is 15.1. The molecule has 0 radical (unpaired) electrons. The van der Waals surface area contributed by atoms with Crippen LogP contribution in [0.5, 0.6) is 5.75 Å². The minimum absolute atomic E-state index is 0.0513. The molecule has 0 saturated heterocycles. The van der Waals surface area contributed by atoms with Crippen molar-refractivity contribution in [3.05, 3.63) is 76.1 Å². The number of hydrogen-bond acceptors (Lipinski definition) is 4. The normalized spacial score (nSPS) is 12.0. The number of carbonyl (C=O) groups excluding carboxylic acids is 1. The molecule has 0 aliphatic carbocycles. The van der Waals surface area contributed by atoms with Crippen LogP contribution in [0.3, 0.4) is 0 Å². The molecule has 134 valence electrons. The highest BCUT2D eigenvalue weighted by molar-refractivity contribution is 5.81. The molecule has 1 aromatic heterocycles. The minimum Gasteiger partial charge on any atom is -0.484 e. The van der Waals surface area contributed by atoms with Gasteiger partial charge in [-0.1, -0.05) is 30.3 Å². The average molecular weight is 351 g/mol. The molecular weight excluding hydrogens is 330 g/mol. The molecule has 2 aromatic carbocycles. The third-order valence-electron chi connectivity index (χ3n) is 4.54. The molecule has 0 bridgehead atoms. The van der Waals surface area contributed by atoms with Gasteiger partial charge in [0.05, 0.1) is 6.04 Å². The maximum absolute atomic E-state index is 12.4. The second-order valence-electron chi connectivity index (χ2n) is 6.29. The maximum Gasteiger partial charge on any atom is 0.336 e. The first-order chi connectivity index (χ1) is 12.5. The van der Waals surface area contributed by atoms with Crippen molar-refractivity contribution in [2.24, 2.45) is 0 Å². The van der Waals surface area contributed by atoms with E-state index in [9.17, 15) is 9.59 Å². The molecule has 0 spiro atoms. The van der Waals surface area contributed by atoms with Crippen LogP contribution in [0, 0.1) is 6.92 Å². The van der Waals surface area contributed by atoms with Gasteiger partial charge in [0.15, 0.2) is 6.61 Å². The predicted octanol–water partition coefficient (Wildman–Crippen LogP) is 3.70. The van der Waals surface area contributed by atoms with Gasteiger partial charge in [0.25, 0.3) is 5.91 Å². The van der Waals surface area contributed by atoms with Crippen molar-refractivity contribution >= 4 is 16.9 Å². The molecule has 0 saturated carbocycles. The number of aryl methyl sites for hydroxylation is 1. The number of amides is 1. The highest BCUT2D eigenvalue weighted by atomic mass is 16.5. The standard InChI is InChI=1S/C21H21NO4/c1-14-11-21(24)26-19-12-17(9-10-18(14)19)25-13-20(23)22(3)15(2)16-7-5-4-6-8-16/h4-12,15H,13H2,1-3H3. The molecule has 1 unspecified atom stereocenters. The number of benzene rings is 2. The second kappa shape index (κ2) is 7.44. The van der Waals surface area contributed by atoms with E-state index in [2.05, 4.69) is 0 Å². The van der Waals surface area contributed by atoms with Gasteiger partial charge in [-0.2, -0.15) is 0 Å². The molecular formula is C21H21NO4. The van der Waals surface area contributed by atoms with Crippen molar-refractivity contribution in [3.63, 3.8) is 0 Å². The third-order valence-corrected chi connectivity index (χ3v) is 4.54. The summed E-state index contributed by atoms with van der Waals surface area (Å²) in [5, 5.41) is 0.845. The van der Waals surface area contributed by atoms with Crippen molar-refractivity contribution in [1.82, 2.24) is 4.90 Å². The van der Waals surface area contributed by atoms with Crippen LogP contribution >= 0.6 is 0 Å². The van der Waals surface area contributed by atoms with Gasteiger partial charge < -0.3 is 14.1 Å². The van der Waals surface area contributed by atoms with E-state index in [4.69, 9.17) is 9.15 Å². The fraction of sp³-hybridized carbons (Fsp3) is 0.238. The number of ether oxygens (including phenoxy) is 1. The Bertz CT molecular complexity index is 978. The predicted molar refractivity (Wildman–Crippen MR) is 100 cm³/mol. The molecule has 5 nitrogen and oxygen atoms in total. The van der Waals surface area contributed by atoms with Gasteiger partial charge in [-0.15, -0.1) is 0 Å². The Balaban J connectivity index is 1.69. The van der Waals surface area contributed by atoms with Crippen molar-refractivity contribution in [1.29, 1.82) is 0 Å². The Morgan fingerprint density at radius 3 is 2.62 bits per heavy atom. The summed E-state index contributed by atoms with van der Waals surface area (Å²) < 4.78 is 10.8. The van der Waals surface area contributed by atoms with E-state index in [1.54, 1.807) is 24.1 Å². The van der Waals surface area contributed by atoms with Crippen molar-refractivity contribution in [2.75, 3.05) is 13.7 Å². The van der Waals surface area contributed by atoms with E-state index < -0.39 is 5.63 Å². The lowest BCUT2D eigenvalue weighted by atomic mass is 10.1. The van der Waals surface area contributed by atoms with E-state index >= 15 is 0 Å². The lowest BCUT2D eigenvalue weighted by molar-refractivity contribution is -0.134. The molecule has 0 aliphatic heterocycles. The van der Waals surface area contributed by atoms with Gasteiger partial charge in [0, 0.05) is 24.6 Å². The average Bonchev–Trinajstić information content (AvgIpc) is 2.65. The summed E-state index contributed by atoms with van der Waals surface area (Å²) in [6, 6.07) is 16.4. The summed E-state index contributed by atoms with van der Waals surface area (Å²) in [6.45, 7) is 3.74. The van der Waals surface area contributed by atoms with Gasteiger partial charge in [-0.3, -0.25) is 4.79 Å². The fourth-order valence-corrected chi connectivity index (χ4v) is 2.81. The number of fused-ring (bicyclic) bond motifs is 1. The molecule has 3 rings (SSSR count). The molecule has 1 amide bonds. The number of hydrogen-bond donors (Lipinski definition) is 0. The summed E-state index contributed by atoms with van der Waals surface area (Å²) in [5.74, 6) is 0.354. The molecule has 0 fully saturated rings. The Morgan fingerprint density at radius 2 is 1.88 bits per heavy atom. The van der Waals surface area contributed by atoms with Crippen LogP contribution in [0.1, 0.15) is 24.1 Å².